The summed E-state index contributed by atoms with van der Waals surface area (Å²) >= 11 is 1.44. The molecule has 0 saturated heterocycles. The monoisotopic (exact) mass is 481 g/mol. The molecule has 3 aromatic carbocycles. The summed E-state index contributed by atoms with van der Waals surface area (Å²) in [6, 6.07) is 18.6. The number of hydrogen-bond donors (Lipinski definition) is 1. The lowest BCUT2D eigenvalue weighted by Crippen LogP contribution is -2.14. The Labute approximate surface area is 196 Å². The molecule has 1 N–H and O–H groups in total. The number of methoxy groups -OCH3 is 1. The largest absolute Gasteiger partial charge is 0.497 e. The number of nitrogens with zero attached hydrogens (tertiary/aromatic N) is 2. The molecule has 0 atom stereocenters. The van der Waals surface area contributed by atoms with Gasteiger partial charge in [-0.1, -0.05) is 30.4 Å². The predicted molar refractivity (Wildman–Crippen MR) is 130 cm³/mol. The Morgan fingerprint density at radius 1 is 1.09 bits per heavy atom. The van der Waals surface area contributed by atoms with Crippen molar-refractivity contribution < 1.29 is 17.9 Å². The summed E-state index contributed by atoms with van der Waals surface area (Å²) < 4.78 is 35.9. The van der Waals surface area contributed by atoms with E-state index in [4.69, 9.17) is 4.74 Å². The van der Waals surface area contributed by atoms with E-state index in [2.05, 4.69) is 28.8 Å². The fourth-order valence-corrected chi connectivity index (χ4v) is 5.47. The third kappa shape index (κ3) is 4.84. The van der Waals surface area contributed by atoms with Crippen molar-refractivity contribution in [1.29, 1.82) is 0 Å². The van der Waals surface area contributed by atoms with Gasteiger partial charge in [0.2, 0.25) is 0 Å². The van der Waals surface area contributed by atoms with Gasteiger partial charge in [-0.25, -0.2) is 8.42 Å². The normalized spacial score (nSPS) is 12.2. The number of sulfonamides is 1. The number of carbonyl (C=O) groups is 1. The third-order valence-electron chi connectivity index (χ3n) is 5.21. The number of ether oxygens (including phenoxy) is 1. The van der Waals surface area contributed by atoms with Crippen molar-refractivity contribution in [2.75, 3.05) is 11.8 Å². The highest BCUT2D eigenvalue weighted by atomic mass is 32.2. The SMILES string of the molecule is CCc1ccc2c(c1)sc(=NC(=O)c1cccc(NS(=O)(=O)c3ccc(OC)cc3)c1)n2C. The van der Waals surface area contributed by atoms with Gasteiger partial charge < -0.3 is 9.30 Å². The quantitative estimate of drug-likeness (QED) is 0.443. The molecule has 0 spiro atoms. The molecule has 0 bridgehead atoms. The predicted octanol–water partition coefficient (Wildman–Crippen LogP) is 4.35. The average Bonchev–Trinajstić information content (AvgIpc) is 3.13. The molecular formula is C24H23N3O4S2. The molecule has 0 aliphatic rings. The average molecular weight is 482 g/mol. The molecule has 0 unspecified atom stereocenters. The number of hydrogen-bond acceptors (Lipinski definition) is 5. The van der Waals surface area contributed by atoms with E-state index in [0.717, 1.165) is 16.6 Å². The van der Waals surface area contributed by atoms with Crippen LogP contribution in [0.5, 0.6) is 5.75 Å². The van der Waals surface area contributed by atoms with E-state index in [9.17, 15) is 13.2 Å². The van der Waals surface area contributed by atoms with Crippen LogP contribution in [0.3, 0.4) is 0 Å². The van der Waals surface area contributed by atoms with Gasteiger partial charge in [0.25, 0.3) is 15.9 Å². The minimum Gasteiger partial charge on any atom is -0.497 e. The summed E-state index contributed by atoms with van der Waals surface area (Å²) in [5, 5.41) is 0. The number of aromatic nitrogens is 1. The van der Waals surface area contributed by atoms with E-state index < -0.39 is 15.9 Å². The fraction of sp³-hybridized carbons (Fsp3) is 0.167. The van der Waals surface area contributed by atoms with Gasteiger partial charge in [-0.3, -0.25) is 9.52 Å². The molecule has 0 saturated carbocycles. The smallest absolute Gasteiger partial charge is 0.279 e. The molecule has 0 radical (unpaired) electrons. The van der Waals surface area contributed by atoms with Crippen LogP contribution in [0, 0.1) is 0 Å². The van der Waals surface area contributed by atoms with E-state index >= 15 is 0 Å². The molecule has 9 heteroatoms. The number of aryl methyl sites for hydroxylation is 2. The zero-order valence-electron chi connectivity index (χ0n) is 18.4. The minimum atomic E-state index is -3.82. The lowest BCUT2D eigenvalue weighted by atomic mass is 10.2. The standard InChI is InChI=1S/C24H23N3O4S2/c1-4-16-8-13-21-22(14-16)32-24(27(21)2)25-23(28)17-6-5-7-18(15-17)26-33(29,30)20-11-9-19(31-3)10-12-20/h5-15,26H,4H2,1-3H3. The van der Waals surface area contributed by atoms with Crippen molar-refractivity contribution in [1.82, 2.24) is 4.57 Å². The van der Waals surface area contributed by atoms with Crippen LogP contribution < -0.4 is 14.3 Å². The zero-order chi connectivity index (χ0) is 23.6. The number of amides is 1. The second-order valence-electron chi connectivity index (χ2n) is 7.38. The molecule has 170 valence electrons. The highest BCUT2D eigenvalue weighted by Gasteiger charge is 2.15. The molecule has 4 rings (SSSR count). The van der Waals surface area contributed by atoms with E-state index in [-0.39, 0.29) is 16.1 Å². The van der Waals surface area contributed by atoms with Crippen LogP contribution in [0.2, 0.25) is 0 Å². The van der Waals surface area contributed by atoms with Gasteiger partial charge in [-0.15, -0.1) is 0 Å². The van der Waals surface area contributed by atoms with Gasteiger partial charge in [0.15, 0.2) is 4.80 Å². The van der Waals surface area contributed by atoms with Crippen molar-refractivity contribution in [3.8, 4) is 5.75 Å². The zero-order valence-corrected chi connectivity index (χ0v) is 20.0. The van der Waals surface area contributed by atoms with E-state index in [1.165, 1.54) is 42.2 Å². The van der Waals surface area contributed by atoms with Gasteiger partial charge >= 0.3 is 0 Å². The first-order valence-electron chi connectivity index (χ1n) is 10.2. The first kappa shape index (κ1) is 22.8. The lowest BCUT2D eigenvalue weighted by molar-refractivity contribution is 0.0998. The van der Waals surface area contributed by atoms with Gasteiger partial charge in [0, 0.05) is 18.3 Å². The molecule has 0 fully saturated rings. The van der Waals surface area contributed by atoms with E-state index in [1.54, 1.807) is 30.3 Å². The second kappa shape index (κ2) is 9.21. The molecule has 7 nitrogen and oxygen atoms in total. The van der Waals surface area contributed by atoms with Crippen molar-refractivity contribution >= 4 is 43.2 Å². The molecule has 0 aliphatic heterocycles. The van der Waals surface area contributed by atoms with Crippen LogP contribution in [0.15, 0.2) is 76.6 Å². The van der Waals surface area contributed by atoms with Gasteiger partial charge in [-0.2, -0.15) is 4.99 Å². The Hall–Kier alpha value is -3.43. The van der Waals surface area contributed by atoms with E-state index in [0.29, 0.717) is 10.6 Å². The first-order valence-corrected chi connectivity index (χ1v) is 12.5. The maximum Gasteiger partial charge on any atom is 0.279 e. The number of benzene rings is 3. The van der Waals surface area contributed by atoms with Crippen LogP contribution >= 0.6 is 11.3 Å². The van der Waals surface area contributed by atoms with Crippen molar-refractivity contribution in [2.45, 2.75) is 18.2 Å². The second-order valence-corrected chi connectivity index (χ2v) is 10.1. The minimum absolute atomic E-state index is 0.0912. The maximum atomic E-state index is 12.9. The van der Waals surface area contributed by atoms with Crippen LogP contribution in [0.25, 0.3) is 10.2 Å². The molecule has 33 heavy (non-hydrogen) atoms. The molecule has 4 aromatic rings. The molecular weight excluding hydrogens is 458 g/mol. The highest BCUT2D eigenvalue weighted by Crippen LogP contribution is 2.21. The van der Waals surface area contributed by atoms with Crippen LogP contribution in [0.4, 0.5) is 5.69 Å². The first-order chi connectivity index (χ1) is 15.8. The molecule has 0 aliphatic carbocycles. The lowest BCUT2D eigenvalue weighted by Gasteiger charge is -2.09. The molecule has 1 heterocycles. The van der Waals surface area contributed by atoms with E-state index in [1.807, 2.05) is 17.7 Å². The summed E-state index contributed by atoms with van der Waals surface area (Å²) in [6.45, 7) is 2.10. The molecule has 1 amide bonds. The van der Waals surface area contributed by atoms with Crippen molar-refractivity contribution in [2.24, 2.45) is 12.0 Å². The number of nitrogens with one attached hydrogen (secondary N) is 1. The number of thiazole rings is 1. The number of carbonyl (C=O) groups excluding carboxylic acids is 1. The molecule has 1 aromatic heterocycles. The van der Waals surface area contributed by atoms with Gasteiger partial charge in [-0.05, 0) is 66.6 Å². The topological polar surface area (TPSA) is 89.8 Å². The fourth-order valence-electron chi connectivity index (χ4n) is 3.34. The van der Waals surface area contributed by atoms with Crippen molar-refractivity contribution in [3.63, 3.8) is 0 Å². The number of anilines is 1. The Morgan fingerprint density at radius 2 is 1.85 bits per heavy atom. The Bertz CT molecular complexity index is 1500. The Morgan fingerprint density at radius 3 is 2.55 bits per heavy atom. The summed E-state index contributed by atoms with van der Waals surface area (Å²) in [7, 11) is -0.438. The maximum absolute atomic E-state index is 12.9. The van der Waals surface area contributed by atoms with Crippen molar-refractivity contribution in [3.05, 3.63) is 82.7 Å². The van der Waals surface area contributed by atoms with Crippen LogP contribution in [-0.4, -0.2) is 26.0 Å². The van der Waals surface area contributed by atoms with Gasteiger partial charge in [0.05, 0.1) is 22.2 Å². The number of rotatable bonds is 6. The van der Waals surface area contributed by atoms with Crippen LogP contribution in [-0.2, 0) is 23.5 Å². The summed E-state index contributed by atoms with van der Waals surface area (Å²) in [4.78, 5) is 17.8. The summed E-state index contributed by atoms with van der Waals surface area (Å²) in [5.41, 5.74) is 2.79. The summed E-state index contributed by atoms with van der Waals surface area (Å²) in [6.07, 6.45) is 0.933. The Kier molecular flexibility index (Phi) is 6.35. The third-order valence-corrected chi connectivity index (χ3v) is 7.70. The van der Waals surface area contributed by atoms with Gasteiger partial charge in [0.1, 0.15) is 5.75 Å². The summed E-state index contributed by atoms with van der Waals surface area (Å²) in [5.74, 6) is 0.113. The highest BCUT2D eigenvalue weighted by molar-refractivity contribution is 7.92. The van der Waals surface area contributed by atoms with Crippen LogP contribution in [0.1, 0.15) is 22.8 Å². The number of fused-ring (bicyclic) bond motifs is 1. The Balaban J connectivity index is 1.61.